The number of nitrogens with zero attached hydrogens (tertiary/aromatic N) is 3. The van der Waals surface area contributed by atoms with E-state index in [1.54, 1.807) is 6.20 Å². The molecule has 0 fully saturated rings. The van der Waals surface area contributed by atoms with Crippen LogP contribution in [0.1, 0.15) is 18.4 Å². The molecule has 0 aliphatic carbocycles. The number of pyridine rings is 1. The molecule has 0 amide bonds. The van der Waals surface area contributed by atoms with Gasteiger partial charge in [-0.05, 0) is 11.5 Å². The van der Waals surface area contributed by atoms with Crippen molar-refractivity contribution >= 4 is 16.6 Å². The summed E-state index contributed by atoms with van der Waals surface area (Å²) in [5.74, 6) is 2.13. The van der Waals surface area contributed by atoms with Crippen molar-refractivity contribution in [3.63, 3.8) is 0 Å². The molecule has 22 heavy (non-hydrogen) atoms. The van der Waals surface area contributed by atoms with Crippen molar-refractivity contribution in [2.24, 2.45) is 0 Å². The fourth-order valence-corrected chi connectivity index (χ4v) is 2.22. The zero-order valence-corrected chi connectivity index (χ0v) is 12.7. The number of ether oxygens (including phenoxy) is 1. The first kappa shape index (κ1) is 14.3. The Hall–Kier alpha value is -2.69. The lowest BCUT2D eigenvalue weighted by atomic mass is 10.1. The molecule has 5 nitrogen and oxygen atoms in total. The van der Waals surface area contributed by atoms with Gasteiger partial charge in [-0.15, -0.1) is 0 Å². The summed E-state index contributed by atoms with van der Waals surface area (Å²) in [5.41, 5.74) is 0.875. The van der Waals surface area contributed by atoms with Crippen molar-refractivity contribution in [2.75, 3.05) is 12.4 Å². The van der Waals surface area contributed by atoms with Gasteiger partial charge in [0.25, 0.3) is 0 Å². The number of hydrogen-bond donors (Lipinski definition) is 1. The summed E-state index contributed by atoms with van der Waals surface area (Å²) >= 11 is 0. The molecule has 0 spiro atoms. The molecular formula is C17H18N4O. The Morgan fingerprint density at radius 3 is 2.68 bits per heavy atom. The molecule has 0 radical (unpaired) electrons. The van der Waals surface area contributed by atoms with Gasteiger partial charge in [-0.3, -0.25) is 4.98 Å². The Labute approximate surface area is 129 Å². The Bertz CT molecular complexity index is 788. The predicted octanol–water partition coefficient (Wildman–Crippen LogP) is 3.21. The van der Waals surface area contributed by atoms with E-state index in [1.165, 1.54) is 0 Å². The van der Waals surface area contributed by atoms with E-state index in [9.17, 15) is 0 Å². The van der Waals surface area contributed by atoms with E-state index in [0.29, 0.717) is 18.2 Å². The van der Waals surface area contributed by atoms with Crippen LogP contribution in [0.4, 0.5) is 5.82 Å². The van der Waals surface area contributed by atoms with Gasteiger partial charge in [-0.1, -0.05) is 31.2 Å². The molecule has 2 aromatic heterocycles. The molecule has 0 aliphatic heterocycles. The molecule has 0 saturated carbocycles. The minimum atomic E-state index is 0.383. The van der Waals surface area contributed by atoms with Gasteiger partial charge in [0.05, 0.1) is 11.9 Å². The molecule has 0 saturated heterocycles. The van der Waals surface area contributed by atoms with E-state index in [4.69, 9.17) is 4.74 Å². The first-order valence-electron chi connectivity index (χ1n) is 7.30. The molecule has 5 heteroatoms. The average molecular weight is 294 g/mol. The lowest BCUT2D eigenvalue weighted by Gasteiger charge is -2.11. The third-order valence-corrected chi connectivity index (χ3v) is 3.42. The van der Waals surface area contributed by atoms with Crippen LogP contribution in [0.15, 0.2) is 42.7 Å². The van der Waals surface area contributed by atoms with Gasteiger partial charge >= 0.3 is 0 Å². The highest BCUT2D eigenvalue weighted by Gasteiger charge is 2.07. The van der Waals surface area contributed by atoms with Crippen molar-refractivity contribution < 1.29 is 4.74 Å². The van der Waals surface area contributed by atoms with Crippen LogP contribution in [0, 0.1) is 0 Å². The second kappa shape index (κ2) is 6.39. The smallest absolute Gasteiger partial charge is 0.180 e. The second-order valence-electron chi connectivity index (χ2n) is 4.91. The standard InChI is InChI=1S/C17H18N4O/c1-3-16-20-10-15(17(18-2)21-16)22-11-14-8-12-6-4-5-7-13(12)9-19-14/h4-10H,3,11H2,1-2H3,(H,18,20,21). The van der Waals surface area contributed by atoms with E-state index in [0.717, 1.165) is 28.7 Å². The molecule has 3 rings (SSSR count). The molecule has 1 N–H and O–H groups in total. The number of aryl methyl sites for hydroxylation is 1. The Morgan fingerprint density at radius 2 is 1.91 bits per heavy atom. The van der Waals surface area contributed by atoms with Crippen molar-refractivity contribution in [3.8, 4) is 5.75 Å². The third kappa shape index (κ3) is 2.98. The summed E-state index contributed by atoms with van der Waals surface area (Å²) in [6.07, 6.45) is 4.36. The summed E-state index contributed by atoms with van der Waals surface area (Å²) in [6.45, 7) is 2.41. The normalized spacial score (nSPS) is 10.6. The van der Waals surface area contributed by atoms with Crippen molar-refractivity contribution in [3.05, 3.63) is 54.2 Å². The lowest BCUT2D eigenvalue weighted by Crippen LogP contribution is -2.05. The van der Waals surface area contributed by atoms with Gasteiger partial charge in [0.15, 0.2) is 11.6 Å². The number of nitrogens with one attached hydrogen (secondary N) is 1. The van der Waals surface area contributed by atoms with E-state index in [-0.39, 0.29) is 0 Å². The number of anilines is 1. The zero-order chi connectivity index (χ0) is 15.4. The SMILES string of the molecule is CCc1ncc(OCc2cc3ccccc3cn2)c(NC)n1. The highest BCUT2D eigenvalue weighted by molar-refractivity contribution is 5.81. The molecule has 2 heterocycles. The number of rotatable bonds is 5. The monoisotopic (exact) mass is 294 g/mol. The summed E-state index contributed by atoms with van der Waals surface area (Å²) in [7, 11) is 1.82. The van der Waals surface area contributed by atoms with Gasteiger partial charge < -0.3 is 10.1 Å². The van der Waals surface area contributed by atoms with Gasteiger partial charge in [0.2, 0.25) is 0 Å². The van der Waals surface area contributed by atoms with Crippen LogP contribution in [0.5, 0.6) is 5.75 Å². The Balaban J connectivity index is 1.78. The molecule has 0 unspecified atom stereocenters. The van der Waals surface area contributed by atoms with Crippen molar-refractivity contribution in [1.29, 1.82) is 0 Å². The molecule has 0 aliphatic rings. The van der Waals surface area contributed by atoms with E-state index in [2.05, 4.69) is 26.3 Å². The summed E-state index contributed by atoms with van der Waals surface area (Å²) in [6, 6.07) is 10.2. The maximum Gasteiger partial charge on any atom is 0.180 e. The minimum absolute atomic E-state index is 0.383. The lowest BCUT2D eigenvalue weighted by molar-refractivity contribution is 0.300. The maximum atomic E-state index is 5.81. The van der Waals surface area contributed by atoms with Crippen LogP contribution >= 0.6 is 0 Å². The van der Waals surface area contributed by atoms with E-state index in [1.807, 2.05) is 44.4 Å². The molecule has 1 aromatic carbocycles. The number of aromatic nitrogens is 3. The highest BCUT2D eigenvalue weighted by atomic mass is 16.5. The van der Waals surface area contributed by atoms with Crippen LogP contribution < -0.4 is 10.1 Å². The average Bonchev–Trinajstić information content (AvgIpc) is 2.59. The topological polar surface area (TPSA) is 59.9 Å². The van der Waals surface area contributed by atoms with Gasteiger partial charge in [-0.25, -0.2) is 9.97 Å². The Morgan fingerprint density at radius 1 is 1.09 bits per heavy atom. The van der Waals surface area contributed by atoms with Crippen LogP contribution in [0.25, 0.3) is 10.8 Å². The predicted molar refractivity (Wildman–Crippen MR) is 87.0 cm³/mol. The maximum absolute atomic E-state index is 5.81. The summed E-state index contributed by atoms with van der Waals surface area (Å²) in [5, 5.41) is 5.32. The first-order chi connectivity index (χ1) is 10.8. The van der Waals surface area contributed by atoms with Crippen LogP contribution in [-0.2, 0) is 13.0 Å². The Kier molecular flexibility index (Phi) is 4.14. The molecule has 112 valence electrons. The van der Waals surface area contributed by atoms with Gasteiger partial charge in [-0.2, -0.15) is 0 Å². The molecule has 0 atom stereocenters. The van der Waals surface area contributed by atoms with Crippen molar-refractivity contribution in [1.82, 2.24) is 15.0 Å². The van der Waals surface area contributed by atoms with Crippen LogP contribution in [0.2, 0.25) is 0 Å². The molecule has 0 bridgehead atoms. The fraction of sp³-hybridized carbons (Fsp3) is 0.235. The van der Waals surface area contributed by atoms with E-state index >= 15 is 0 Å². The molecule has 3 aromatic rings. The van der Waals surface area contributed by atoms with Crippen LogP contribution in [0.3, 0.4) is 0 Å². The summed E-state index contributed by atoms with van der Waals surface area (Å²) < 4.78 is 5.81. The number of fused-ring (bicyclic) bond motifs is 1. The summed E-state index contributed by atoms with van der Waals surface area (Å²) in [4.78, 5) is 13.1. The third-order valence-electron chi connectivity index (χ3n) is 3.42. The van der Waals surface area contributed by atoms with E-state index < -0.39 is 0 Å². The van der Waals surface area contributed by atoms with Gasteiger partial charge in [0.1, 0.15) is 12.4 Å². The van der Waals surface area contributed by atoms with Crippen LogP contribution in [-0.4, -0.2) is 22.0 Å². The highest BCUT2D eigenvalue weighted by Crippen LogP contribution is 2.22. The minimum Gasteiger partial charge on any atom is -0.482 e. The largest absolute Gasteiger partial charge is 0.482 e. The number of hydrogen-bond acceptors (Lipinski definition) is 5. The second-order valence-corrected chi connectivity index (χ2v) is 4.91. The number of benzene rings is 1. The first-order valence-corrected chi connectivity index (χ1v) is 7.30. The van der Waals surface area contributed by atoms with Gasteiger partial charge in [0, 0.05) is 25.1 Å². The molecular weight excluding hydrogens is 276 g/mol. The van der Waals surface area contributed by atoms with Crippen molar-refractivity contribution in [2.45, 2.75) is 20.0 Å². The quantitative estimate of drug-likeness (QED) is 0.783. The zero-order valence-electron chi connectivity index (χ0n) is 12.7. The fourth-order valence-electron chi connectivity index (χ4n) is 2.22.